The van der Waals surface area contributed by atoms with E-state index in [4.69, 9.17) is 9.72 Å². The van der Waals surface area contributed by atoms with E-state index in [0.29, 0.717) is 54.8 Å². The van der Waals surface area contributed by atoms with Crippen LogP contribution in [0.3, 0.4) is 0 Å². The third-order valence-electron chi connectivity index (χ3n) is 5.85. The number of aromatic nitrogens is 2. The SMILES string of the molecule is Cc1ccc(-c2cc3c(c(Nc4ccc(N5CCOCC5)c(F)c4)n2)C(C=O)NC=C3)cn1. The highest BCUT2D eigenvalue weighted by Gasteiger charge is 2.23. The van der Waals surface area contributed by atoms with Gasteiger partial charge in [-0.1, -0.05) is 0 Å². The van der Waals surface area contributed by atoms with Gasteiger partial charge in [0.15, 0.2) is 0 Å². The number of carbonyl (C=O) groups is 1. The van der Waals surface area contributed by atoms with Gasteiger partial charge in [-0.2, -0.15) is 0 Å². The molecule has 8 heteroatoms. The second-order valence-electron chi connectivity index (χ2n) is 8.05. The van der Waals surface area contributed by atoms with E-state index in [1.54, 1.807) is 18.5 Å². The van der Waals surface area contributed by atoms with Gasteiger partial charge in [0.1, 0.15) is 24.0 Å². The van der Waals surface area contributed by atoms with Gasteiger partial charge in [0.25, 0.3) is 0 Å². The molecule has 4 heterocycles. The topological polar surface area (TPSA) is 79.4 Å². The van der Waals surface area contributed by atoms with E-state index < -0.39 is 6.04 Å². The maximum Gasteiger partial charge on any atom is 0.148 e. The molecule has 2 aliphatic rings. The molecule has 2 aliphatic heterocycles. The lowest BCUT2D eigenvalue weighted by Gasteiger charge is -2.29. The summed E-state index contributed by atoms with van der Waals surface area (Å²) in [7, 11) is 0. The van der Waals surface area contributed by atoms with Gasteiger partial charge < -0.3 is 25.1 Å². The molecule has 1 atom stereocenters. The number of carbonyl (C=O) groups excluding carboxylic acids is 1. The summed E-state index contributed by atoms with van der Waals surface area (Å²) in [6.07, 6.45) is 6.26. The molecule has 1 saturated heterocycles. The summed E-state index contributed by atoms with van der Waals surface area (Å²) < 4.78 is 20.3. The minimum absolute atomic E-state index is 0.320. The largest absolute Gasteiger partial charge is 0.378 e. The summed E-state index contributed by atoms with van der Waals surface area (Å²) in [6.45, 7) is 4.41. The number of nitrogens with zero attached hydrogens (tertiary/aromatic N) is 3. The van der Waals surface area contributed by atoms with Crippen molar-refractivity contribution in [2.45, 2.75) is 13.0 Å². The molecule has 5 rings (SSSR count). The maximum absolute atomic E-state index is 15.0. The second kappa shape index (κ2) is 8.99. The van der Waals surface area contributed by atoms with Gasteiger partial charge in [-0.25, -0.2) is 9.37 Å². The number of halogens is 1. The molecule has 0 bridgehead atoms. The summed E-state index contributed by atoms with van der Waals surface area (Å²) in [5.41, 5.74) is 5.17. The van der Waals surface area contributed by atoms with Gasteiger partial charge in [0, 0.05) is 41.8 Å². The Bertz CT molecular complexity index is 1210. The van der Waals surface area contributed by atoms with Crippen LogP contribution in [0, 0.1) is 12.7 Å². The van der Waals surface area contributed by atoms with E-state index in [-0.39, 0.29) is 5.82 Å². The highest BCUT2D eigenvalue weighted by molar-refractivity contribution is 5.80. The molecule has 1 unspecified atom stereocenters. The van der Waals surface area contributed by atoms with Crippen LogP contribution in [0.4, 0.5) is 21.6 Å². The maximum atomic E-state index is 15.0. The van der Waals surface area contributed by atoms with E-state index in [2.05, 4.69) is 15.6 Å². The number of fused-ring (bicyclic) bond motifs is 1. The fourth-order valence-corrected chi connectivity index (χ4v) is 4.12. The Morgan fingerprint density at radius 1 is 1.21 bits per heavy atom. The van der Waals surface area contributed by atoms with Gasteiger partial charge in [0.2, 0.25) is 0 Å². The summed E-state index contributed by atoms with van der Waals surface area (Å²) >= 11 is 0. The van der Waals surface area contributed by atoms with Crippen molar-refractivity contribution in [3.8, 4) is 11.3 Å². The van der Waals surface area contributed by atoms with Crippen molar-refractivity contribution >= 4 is 29.6 Å². The monoisotopic (exact) mass is 445 g/mol. The summed E-state index contributed by atoms with van der Waals surface area (Å²) in [4.78, 5) is 22.9. The molecule has 7 nitrogen and oxygen atoms in total. The quantitative estimate of drug-likeness (QED) is 0.575. The second-order valence-corrected chi connectivity index (χ2v) is 8.05. The number of hydrogen-bond donors (Lipinski definition) is 2. The highest BCUT2D eigenvalue weighted by atomic mass is 19.1. The first-order valence-electron chi connectivity index (χ1n) is 10.9. The Kier molecular flexibility index (Phi) is 5.75. The number of rotatable bonds is 5. The molecule has 2 aromatic heterocycles. The molecular formula is C25H24FN5O2. The van der Waals surface area contributed by atoms with Gasteiger partial charge in [0.05, 0.1) is 24.6 Å². The van der Waals surface area contributed by atoms with Gasteiger partial charge in [-0.3, -0.25) is 4.98 Å². The summed E-state index contributed by atoms with van der Waals surface area (Å²) in [6, 6.07) is 10.3. The molecule has 0 amide bonds. The standard InChI is InChI=1S/C25H24FN5O2/c1-16-2-3-18(14-28-16)21-12-17-6-7-27-22(15-32)24(17)25(30-21)29-19-4-5-23(20(26)13-19)31-8-10-33-11-9-31/h2-7,12-15,22,27H,8-11H2,1H3,(H,29,30). The number of anilines is 3. The number of nitrogens with one attached hydrogen (secondary N) is 2. The summed E-state index contributed by atoms with van der Waals surface area (Å²) in [5.74, 6) is 0.176. The van der Waals surface area contributed by atoms with Gasteiger partial charge in [-0.15, -0.1) is 0 Å². The molecule has 0 radical (unpaired) electrons. The van der Waals surface area contributed by atoms with Crippen molar-refractivity contribution in [1.29, 1.82) is 0 Å². The fraction of sp³-hybridized carbons (Fsp3) is 0.240. The van der Waals surface area contributed by atoms with Crippen LogP contribution >= 0.6 is 0 Å². The zero-order valence-electron chi connectivity index (χ0n) is 18.2. The lowest BCUT2D eigenvalue weighted by atomic mass is 9.97. The fourth-order valence-electron chi connectivity index (χ4n) is 4.12. The zero-order chi connectivity index (χ0) is 22.8. The van der Waals surface area contributed by atoms with Crippen molar-refractivity contribution in [1.82, 2.24) is 15.3 Å². The van der Waals surface area contributed by atoms with Crippen molar-refractivity contribution < 1.29 is 13.9 Å². The number of aldehydes is 1. The Morgan fingerprint density at radius 2 is 2.06 bits per heavy atom. The minimum Gasteiger partial charge on any atom is -0.378 e. The number of morpholine rings is 1. The highest BCUT2D eigenvalue weighted by Crippen LogP contribution is 2.34. The van der Waals surface area contributed by atoms with Crippen LogP contribution in [-0.2, 0) is 9.53 Å². The number of ether oxygens (including phenoxy) is 1. The molecule has 0 saturated carbocycles. The first-order valence-corrected chi connectivity index (χ1v) is 10.9. The smallest absolute Gasteiger partial charge is 0.148 e. The lowest BCUT2D eigenvalue weighted by Crippen LogP contribution is -2.36. The Labute approximate surface area is 191 Å². The van der Waals surface area contributed by atoms with Crippen LogP contribution in [-0.4, -0.2) is 42.6 Å². The van der Waals surface area contributed by atoms with Crippen LogP contribution in [0.25, 0.3) is 17.3 Å². The van der Waals surface area contributed by atoms with Crippen LogP contribution < -0.4 is 15.5 Å². The molecular weight excluding hydrogens is 421 g/mol. The van der Waals surface area contributed by atoms with E-state index >= 15 is 0 Å². The van der Waals surface area contributed by atoms with Crippen molar-refractivity contribution in [2.24, 2.45) is 0 Å². The first-order chi connectivity index (χ1) is 16.1. The summed E-state index contributed by atoms with van der Waals surface area (Å²) in [5, 5.41) is 6.29. The van der Waals surface area contributed by atoms with Gasteiger partial charge >= 0.3 is 0 Å². The van der Waals surface area contributed by atoms with Crippen LogP contribution in [0.1, 0.15) is 22.9 Å². The van der Waals surface area contributed by atoms with Crippen LogP contribution in [0.5, 0.6) is 0 Å². The van der Waals surface area contributed by atoms with Crippen LogP contribution in [0.2, 0.25) is 0 Å². The third kappa shape index (κ3) is 4.29. The van der Waals surface area contributed by atoms with E-state index in [1.807, 2.05) is 42.2 Å². The predicted molar refractivity (Wildman–Crippen MR) is 126 cm³/mol. The normalized spacial score (nSPS) is 17.3. The molecule has 2 N–H and O–H groups in total. The van der Waals surface area contributed by atoms with E-state index in [1.165, 1.54) is 6.07 Å². The number of aryl methyl sites for hydroxylation is 1. The third-order valence-corrected chi connectivity index (χ3v) is 5.85. The molecule has 33 heavy (non-hydrogen) atoms. The van der Waals surface area contributed by atoms with Crippen LogP contribution in [0.15, 0.2) is 48.8 Å². The molecule has 0 aliphatic carbocycles. The van der Waals surface area contributed by atoms with Crippen molar-refractivity contribution in [3.63, 3.8) is 0 Å². The number of benzene rings is 1. The molecule has 0 spiro atoms. The van der Waals surface area contributed by atoms with E-state index in [9.17, 15) is 9.18 Å². The Balaban J connectivity index is 1.53. The zero-order valence-corrected chi connectivity index (χ0v) is 18.2. The average molecular weight is 445 g/mol. The molecule has 3 aromatic rings. The number of pyridine rings is 2. The molecule has 1 fully saturated rings. The number of hydrogen-bond acceptors (Lipinski definition) is 7. The minimum atomic E-state index is -0.553. The predicted octanol–water partition coefficient (Wildman–Crippen LogP) is 3.99. The van der Waals surface area contributed by atoms with Gasteiger partial charge in [-0.05, 0) is 61.2 Å². The van der Waals surface area contributed by atoms with Crippen molar-refractivity contribution in [2.75, 3.05) is 36.5 Å². The molecule has 168 valence electrons. The molecule has 1 aromatic carbocycles. The Morgan fingerprint density at radius 3 is 2.79 bits per heavy atom. The lowest BCUT2D eigenvalue weighted by molar-refractivity contribution is -0.109. The van der Waals surface area contributed by atoms with Crippen molar-refractivity contribution in [3.05, 3.63) is 71.4 Å². The van der Waals surface area contributed by atoms with E-state index in [0.717, 1.165) is 23.1 Å². The first kappa shape index (κ1) is 21.1. The average Bonchev–Trinajstić information content (AvgIpc) is 2.84. The Hall–Kier alpha value is -3.78.